The normalized spacial score (nSPS) is 14.0. The van der Waals surface area contributed by atoms with E-state index < -0.39 is 10.0 Å². The van der Waals surface area contributed by atoms with E-state index in [1.54, 1.807) is 25.1 Å². The van der Waals surface area contributed by atoms with E-state index in [1.807, 2.05) is 44.2 Å². The fourth-order valence-electron chi connectivity index (χ4n) is 3.67. The summed E-state index contributed by atoms with van der Waals surface area (Å²) < 4.78 is 28.3. The van der Waals surface area contributed by atoms with E-state index in [9.17, 15) is 8.42 Å². The van der Waals surface area contributed by atoms with Crippen molar-refractivity contribution >= 4 is 33.2 Å². The monoisotopic (exact) mass is 437 g/mol. The number of hydrogen-bond donors (Lipinski definition) is 2. The second-order valence-corrected chi connectivity index (χ2v) is 9.61. The average Bonchev–Trinajstić information content (AvgIpc) is 3.26. The fraction of sp³-hybridized carbons (Fsp3) is 0.304. The van der Waals surface area contributed by atoms with Gasteiger partial charge in [0.05, 0.1) is 4.90 Å². The molecule has 1 saturated heterocycles. The predicted octanol–water partition coefficient (Wildman–Crippen LogP) is 4.55. The molecule has 0 amide bonds. The third kappa shape index (κ3) is 4.96. The maximum Gasteiger partial charge on any atom is 0.262 e. The van der Waals surface area contributed by atoms with Gasteiger partial charge in [0.15, 0.2) is 0 Å². The van der Waals surface area contributed by atoms with Crippen molar-refractivity contribution in [3.63, 3.8) is 0 Å². The minimum atomic E-state index is -3.66. The molecular weight excluding hydrogens is 410 g/mol. The largest absolute Gasteiger partial charge is 0.356 e. The SMILES string of the molecule is Cc1ccc(C)c(S(=O)(=O)Nc2ccc(Nc3nc(C)cc(N4CCCC4)n3)cc2)c1. The molecule has 0 spiro atoms. The van der Waals surface area contributed by atoms with E-state index in [-0.39, 0.29) is 4.90 Å². The summed E-state index contributed by atoms with van der Waals surface area (Å²) >= 11 is 0. The van der Waals surface area contributed by atoms with Crippen LogP contribution < -0.4 is 14.9 Å². The van der Waals surface area contributed by atoms with Crippen LogP contribution in [0, 0.1) is 20.8 Å². The zero-order valence-electron chi connectivity index (χ0n) is 18.0. The molecule has 0 unspecified atom stereocenters. The van der Waals surface area contributed by atoms with Crippen LogP contribution in [0.25, 0.3) is 0 Å². The summed E-state index contributed by atoms with van der Waals surface area (Å²) in [6, 6.07) is 14.5. The average molecular weight is 438 g/mol. The smallest absolute Gasteiger partial charge is 0.262 e. The van der Waals surface area contributed by atoms with E-state index in [4.69, 9.17) is 0 Å². The van der Waals surface area contributed by atoms with E-state index >= 15 is 0 Å². The molecule has 0 radical (unpaired) electrons. The first kappa shape index (κ1) is 21.1. The van der Waals surface area contributed by atoms with Crippen LogP contribution in [0.3, 0.4) is 0 Å². The van der Waals surface area contributed by atoms with E-state index in [2.05, 4.69) is 24.9 Å². The van der Waals surface area contributed by atoms with Gasteiger partial charge in [-0.3, -0.25) is 4.72 Å². The van der Waals surface area contributed by atoms with Crippen molar-refractivity contribution in [1.29, 1.82) is 0 Å². The molecule has 1 aliphatic heterocycles. The predicted molar refractivity (Wildman–Crippen MR) is 125 cm³/mol. The molecule has 0 aliphatic carbocycles. The highest BCUT2D eigenvalue weighted by Gasteiger charge is 2.18. The van der Waals surface area contributed by atoms with Gasteiger partial charge in [-0.1, -0.05) is 12.1 Å². The fourth-order valence-corrected chi connectivity index (χ4v) is 5.06. The van der Waals surface area contributed by atoms with Crippen LogP contribution in [-0.4, -0.2) is 31.5 Å². The van der Waals surface area contributed by atoms with Crippen molar-refractivity contribution in [2.75, 3.05) is 28.0 Å². The maximum atomic E-state index is 12.8. The molecular formula is C23H27N5O2S. The van der Waals surface area contributed by atoms with Crippen LogP contribution >= 0.6 is 0 Å². The van der Waals surface area contributed by atoms with Crippen molar-refractivity contribution < 1.29 is 8.42 Å². The summed E-state index contributed by atoms with van der Waals surface area (Å²) in [5.74, 6) is 1.47. The Labute approximate surface area is 183 Å². The van der Waals surface area contributed by atoms with Crippen molar-refractivity contribution in [3.05, 3.63) is 65.4 Å². The summed E-state index contributed by atoms with van der Waals surface area (Å²) in [5.41, 5.74) is 3.79. The number of hydrogen-bond acceptors (Lipinski definition) is 6. The van der Waals surface area contributed by atoms with Crippen molar-refractivity contribution in [2.45, 2.75) is 38.5 Å². The molecule has 31 heavy (non-hydrogen) atoms. The standard InChI is InChI=1S/C23H27N5O2S/c1-16-6-7-17(2)21(14-16)31(29,30)27-20-10-8-19(9-11-20)25-23-24-18(3)15-22(26-23)28-12-4-5-13-28/h6-11,14-15,27H,4-5,12-13H2,1-3H3,(H,24,25,26). The first-order valence-electron chi connectivity index (χ1n) is 10.4. The molecule has 4 rings (SSSR count). The zero-order valence-corrected chi connectivity index (χ0v) is 18.8. The molecule has 2 aromatic carbocycles. The van der Waals surface area contributed by atoms with Crippen LogP contribution in [0.4, 0.5) is 23.1 Å². The number of aromatic nitrogens is 2. The Morgan fingerprint density at radius 2 is 1.55 bits per heavy atom. The summed E-state index contributed by atoms with van der Waals surface area (Å²) in [7, 11) is -3.66. The lowest BCUT2D eigenvalue weighted by Gasteiger charge is -2.17. The van der Waals surface area contributed by atoms with Crippen molar-refractivity contribution in [1.82, 2.24) is 9.97 Å². The Morgan fingerprint density at radius 3 is 2.26 bits per heavy atom. The summed E-state index contributed by atoms with van der Waals surface area (Å²) in [6.45, 7) is 7.66. The van der Waals surface area contributed by atoms with Crippen LogP contribution in [0.15, 0.2) is 53.4 Å². The lowest BCUT2D eigenvalue weighted by atomic mass is 10.2. The van der Waals surface area contributed by atoms with Crippen LogP contribution in [0.5, 0.6) is 0 Å². The second-order valence-electron chi connectivity index (χ2n) is 7.96. The van der Waals surface area contributed by atoms with Gasteiger partial charge in [0, 0.05) is 36.2 Å². The lowest BCUT2D eigenvalue weighted by Crippen LogP contribution is -2.19. The number of nitrogens with zero attached hydrogens (tertiary/aromatic N) is 3. The minimum absolute atomic E-state index is 0.289. The van der Waals surface area contributed by atoms with E-state index in [0.717, 1.165) is 35.9 Å². The van der Waals surface area contributed by atoms with Crippen LogP contribution in [-0.2, 0) is 10.0 Å². The molecule has 1 aromatic heterocycles. The Balaban J connectivity index is 1.49. The van der Waals surface area contributed by atoms with Crippen LogP contribution in [0.1, 0.15) is 29.7 Å². The van der Waals surface area contributed by atoms with Crippen molar-refractivity contribution in [2.24, 2.45) is 0 Å². The number of rotatable bonds is 6. The molecule has 1 aliphatic rings. The number of sulfonamides is 1. The van der Waals surface area contributed by atoms with Gasteiger partial charge >= 0.3 is 0 Å². The highest BCUT2D eigenvalue weighted by atomic mass is 32.2. The zero-order chi connectivity index (χ0) is 22.0. The molecule has 2 N–H and O–H groups in total. The first-order valence-corrected chi connectivity index (χ1v) is 11.9. The number of nitrogens with one attached hydrogen (secondary N) is 2. The molecule has 3 aromatic rings. The van der Waals surface area contributed by atoms with Gasteiger partial charge < -0.3 is 10.2 Å². The van der Waals surface area contributed by atoms with Gasteiger partial charge in [-0.05, 0) is 75.1 Å². The van der Waals surface area contributed by atoms with Gasteiger partial charge in [-0.2, -0.15) is 4.98 Å². The Morgan fingerprint density at radius 1 is 0.871 bits per heavy atom. The number of aryl methyl sites for hydroxylation is 3. The molecule has 8 heteroatoms. The molecule has 1 fully saturated rings. The third-order valence-corrected chi connectivity index (χ3v) is 6.82. The third-order valence-electron chi connectivity index (χ3n) is 5.30. The maximum absolute atomic E-state index is 12.8. The topological polar surface area (TPSA) is 87.2 Å². The summed E-state index contributed by atoms with van der Waals surface area (Å²) in [4.78, 5) is 11.7. The summed E-state index contributed by atoms with van der Waals surface area (Å²) in [6.07, 6.45) is 2.37. The van der Waals surface area contributed by atoms with Crippen LogP contribution in [0.2, 0.25) is 0 Å². The molecule has 0 atom stereocenters. The Kier molecular flexibility index (Phi) is 5.82. The Hall–Kier alpha value is -3.13. The van der Waals surface area contributed by atoms with E-state index in [1.165, 1.54) is 12.8 Å². The van der Waals surface area contributed by atoms with Gasteiger partial charge in [0.1, 0.15) is 5.82 Å². The number of anilines is 4. The first-order chi connectivity index (χ1) is 14.8. The molecule has 0 saturated carbocycles. The molecule has 2 heterocycles. The number of benzene rings is 2. The highest BCUT2D eigenvalue weighted by molar-refractivity contribution is 7.92. The van der Waals surface area contributed by atoms with Gasteiger partial charge in [-0.25, -0.2) is 13.4 Å². The Bertz CT molecular complexity index is 1190. The van der Waals surface area contributed by atoms with Gasteiger partial charge in [0.25, 0.3) is 10.0 Å². The van der Waals surface area contributed by atoms with E-state index in [0.29, 0.717) is 17.2 Å². The highest BCUT2D eigenvalue weighted by Crippen LogP contribution is 2.24. The second kappa shape index (κ2) is 8.55. The van der Waals surface area contributed by atoms with Gasteiger partial charge in [0.2, 0.25) is 5.95 Å². The quantitative estimate of drug-likeness (QED) is 0.588. The molecule has 0 bridgehead atoms. The summed E-state index contributed by atoms with van der Waals surface area (Å²) in [5, 5.41) is 3.22. The molecule has 162 valence electrons. The van der Waals surface area contributed by atoms with Gasteiger partial charge in [-0.15, -0.1) is 0 Å². The lowest BCUT2D eigenvalue weighted by molar-refractivity contribution is 0.600. The van der Waals surface area contributed by atoms with Crippen molar-refractivity contribution in [3.8, 4) is 0 Å². The minimum Gasteiger partial charge on any atom is -0.356 e. The molecule has 7 nitrogen and oxygen atoms in total.